The van der Waals surface area contributed by atoms with Crippen molar-refractivity contribution in [1.82, 2.24) is 0 Å². The van der Waals surface area contributed by atoms with Gasteiger partial charge in [0, 0.05) is 19.0 Å². The normalized spacial score (nSPS) is 14.6. The molecule has 1 heterocycles. The van der Waals surface area contributed by atoms with Crippen molar-refractivity contribution in [3.63, 3.8) is 0 Å². The highest BCUT2D eigenvalue weighted by Crippen LogP contribution is 2.29. The largest absolute Gasteiger partial charge is 0.397 e. The lowest BCUT2D eigenvalue weighted by molar-refractivity contribution is -0.0248. The number of benzene rings is 2. The number of nitrogens with two attached hydrogens (primary N) is 1. The predicted molar refractivity (Wildman–Crippen MR) is 119 cm³/mol. The van der Waals surface area contributed by atoms with Gasteiger partial charge >= 0.3 is 0 Å². The average Bonchev–Trinajstić information content (AvgIpc) is 2.66. The molecule has 0 bridgehead atoms. The third-order valence-corrected chi connectivity index (χ3v) is 6.85. The Morgan fingerprint density at radius 3 is 2.38 bits per heavy atom. The summed E-state index contributed by atoms with van der Waals surface area (Å²) in [5, 5.41) is 3.29. The van der Waals surface area contributed by atoms with Crippen molar-refractivity contribution >= 4 is 27.1 Å². The molecule has 0 aliphatic carbocycles. The Bertz CT molecular complexity index is 923. The van der Waals surface area contributed by atoms with Crippen molar-refractivity contribution in [3.8, 4) is 0 Å². The molecule has 3 N–H and O–H groups in total. The van der Waals surface area contributed by atoms with Crippen LogP contribution >= 0.6 is 0 Å². The van der Waals surface area contributed by atoms with Gasteiger partial charge in [-0.15, -0.1) is 0 Å². The van der Waals surface area contributed by atoms with E-state index in [9.17, 15) is 8.42 Å². The van der Waals surface area contributed by atoms with Crippen LogP contribution in [-0.2, 0) is 21.2 Å². The second kappa shape index (κ2) is 9.05. The van der Waals surface area contributed by atoms with Crippen LogP contribution in [0.15, 0.2) is 47.4 Å². The van der Waals surface area contributed by atoms with Crippen molar-refractivity contribution in [2.24, 2.45) is 11.8 Å². The number of nitrogens with zero attached hydrogens (tertiary/aromatic N) is 1. The maximum atomic E-state index is 13.4. The van der Waals surface area contributed by atoms with E-state index in [2.05, 4.69) is 12.2 Å². The molecule has 0 radical (unpaired) electrons. The van der Waals surface area contributed by atoms with Crippen LogP contribution in [-0.4, -0.2) is 34.7 Å². The van der Waals surface area contributed by atoms with Gasteiger partial charge < -0.3 is 15.8 Å². The molecule has 0 spiro atoms. The van der Waals surface area contributed by atoms with Gasteiger partial charge in [0.15, 0.2) is 0 Å². The highest BCUT2D eigenvalue weighted by atomic mass is 32.2. The fourth-order valence-electron chi connectivity index (χ4n) is 3.22. The number of ether oxygens (including phenoxy) is 1. The first-order valence-corrected chi connectivity index (χ1v) is 11.6. The van der Waals surface area contributed by atoms with Gasteiger partial charge in [-0.1, -0.05) is 32.9 Å². The molecule has 7 heteroatoms. The fourth-order valence-corrected chi connectivity index (χ4v) is 4.88. The Hall–Kier alpha value is -2.25. The van der Waals surface area contributed by atoms with Crippen molar-refractivity contribution in [1.29, 1.82) is 0 Å². The van der Waals surface area contributed by atoms with Gasteiger partial charge in [0.05, 0.1) is 35.2 Å². The molecule has 6 nitrogen and oxygen atoms in total. The van der Waals surface area contributed by atoms with Gasteiger partial charge in [-0.3, -0.25) is 4.31 Å². The molecule has 0 unspecified atom stereocenters. The standard InChI is InChI=1S/C22H31N3O3S/c1-4-17-5-7-19(8-6-17)25(13-16(2)3)29(26,27)20-9-10-22(21(23)11-20)24-12-18-14-28-15-18/h5-11,16,18,24H,4,12-15,23H2,1-3H3. The average molecular weight is 418 g/mol. The van der Waals surface area contributed by atoms with E-state index in [4.69, 9.17) is 10.5 Å². The lowest BCUT2D eigenvalue weighted by Crippen LogP contribution is -2.34. The van der Waals surface area contributed by atoms with Crippen LogP contribution in [0.5, 0.6) is 0 Å². The second-order valence-corrected chi connectivity index (χ2v) is 9.85. The maximum Gasteiger partial charge on any atom is 0.264 e. The minimum atomic E-state index is -3.73. The Labute approximate surface area is 174 Å². The fraction of sp³-hybridized carbons (Fsp3) is 0.455. The smallest absolute Gasteiger partial charge is 0.264 e. The number of sulfonamides is 1. The number of hydrogen-bond donors (Lipinski definition) is 2. The van der Waals surface area contributed by atoms with E-state index in [0.29, 0.717) is 23.8 Å². The Balaban J connectivity index is 1.86. The molecule has 0 aromatic heterocycles. The first kappa shape index (κ1) is 21.5. The molecule has 0 atom stereocenters. The van der Waals surface area contributed by atoms with Crippen LogP contribution in [0.2, 0.25) is 0 Å². The number of aryl methyl sites for hydroxylation is 1. The summed E-state index contributed by atoms with van der Waals surface area (Å²) in [5.41, 5.74) is 9.18. The number of rotatable bonds is 9. The molecular weight excluding hydrogens is 386 g/mol. The third-order valence-electron chi connectivity index (χ3n) is 5.06. The van der Waals surface area contributed by atoms with Gasteiger partial charge in [0.1, 0.15) is 0 Å². The molecule has 1 fully saturated rings. The van der Waals surface area contributed by atoms with E-state index >= 15 is 0 Å². The zero-order valence-corrected chi connectivity index (χ0v) is 18.2. The number of nitrogen functional groups attached to an aromatic ring is 1. The van der Waals surface area contributed by atoms with E-state index in [1.807, 2.05) is 38.1 Å². The van der Waals surface area contributed by atoms with Gasteiger partial charge in [0.2, 0.25) is 0 Å². The first-order valence-electron chi connectivity index (χ1n) is 10.1. The number of nitrogens with one attached hydrogen (secondary N) is 1. The minimum Gasteiger partial charge on any atom is -0.397 e. The monoisotopic (exact) mass is 417 g/mol. The van der Waals surface area contributed by atoms with E-state index in [1.54, 1.807) is 18.2 Å². The summed E-state index contributed by atoms with van der Waals surface area (Å²) in [5.74, 6) is 0.657. The lowest BCUT2D eigenvalue weighted by Gasteiger charge is -2.28. The highest BCUT2D eigenvalue weighted by Gasteiger charge is 2.26. The quantitative estimate of drug-likeness (QED) is 0.607. The lowest BCUT2D eigenvalue weighted by atomic mass is 10.1. The molecule has 2 aromatic carbocycles. The summed E-state index contributed by atoms with van der Waals surface area (Å²) in [6.45, 7) is 8.76. The Morgan fingerprint density at radius 1 is 1.17 bits per heavy atom. The van der Waals surface area contributed by atoms with Crippen molar-refractivity contribution < 1.29 is 13.2 Å². The maximum absolute atomic E-state index is 13.4. The summed E-state index contributed by atoms with van der Waals surface area (Å²) in [6, 6.07) is 12.6. The summed E-state index contributed by atoms with van der Waals surface area (Å²) in [7, 11) is -3.73. The van der Waals surface area contributed by atoms with Gasteiger partial charge in [0.25, 0.3) is 10.0 Å². The molecule has 158 valence electrons. The van der Waals surface area contributed by atoms with E-state index in [1.165, 1.54) is 9.87 Å². The molecule has 29 heavy (non-hydrogen) atoms. The van der Waals surface area contributed by atoms with Crippen LogP contribution in [0, 0.1) is 11.8 Å². The van der Waals surface area contributed by atoms with E-state index in [0.717, 1.165) is 31.9 Å². The van der Waals surface area contributed by atoms with Crippen LogP contribution in [0.1, 0.15) is 26.3 Å². The van der Waals surface area contributed by atoms with E-state index in [-0.39, 0.29) is 10.8 Å². The topological polar surface area (TPSA) is 84.7 Å². The Kier molecular flexibility index (Phi) is 6.70. The first-order chi connectivity index (χ1) is 13.8. The Morgan fingerprint density at radius 2 is 1.86 bits per heavy atom. The SMILES string of the molecule is CCc1ccc(N(CC(C)C)S(=O)(=O)c2ccc(NCC3COC3)c(N)c2)cc1. The van der Waals surface area contributed by atoms with E-state index < -0.39 is 10.0 Å². The van der Waals surface area contributed by atoms with Crippen molar-refractivity contribution in [2.75, 3.05) is 41.7 Å². The summed E-state index contributed by atoms with van der Waals surface area (Å²) in [6.07, 6.45) is 0.912. The van der Waals surface area contributed by atoms with Crippen LogP contribution in [0.4, 0.5) is 17.1 Å². The van der Waals surface area contributed by atoms with Crippen molar-refractivity contribution in [3.05, 3.63) is 48.0 Å². The van der Waals surface area contributed by atoms with Crippen LogP contribution in [0.3, 0.4) is 0 Å². The van der Waals surface area contributed by atoms with Gasteiger partial charge in [-0.25, -0.2) is 8.42 Å². The molecule has 0 saturated carbocycles. The zero-order valence-electron chi connectivity index (χ0n) is 17.4. The number of anilines is 3. The third kappa shape index (κ3) is 5.03. The molecule has 1 saturated heterocycles. The zero-order chi connectivity index (χ0) is 21.0. The van der Waals surface area contributed by atoms with Crippen LogP contribution < -0.4 is 15.4 Å². The van der Waals surface area contributed by atoms with Crippen molar-refractivity contribution in [2.45, 2.75) is 32.1 Å². The highest BCUT2D eigenvalue weighted by molar-refractivity contribution is 7.92. The molecular formula is C22H31N3O3S. The minimum absolute atomic E-state index is 0.179. The van der Waals surface area contributed by atoms with Crippen LogP contribution in [0.25, 0.3) is 0 Å². The molecule has 0 amide bonds. The number of hydrogen-bond acceptors (Lipinski definition) is 5. The molecule has 1 aliphatic rings. The molecule has 1 aliphatic heterocycles. The van der Waals surface area contributed by atoms with Gasteiger partial charge in [-0.05, 0) is 48.2 Å². The molecule has 2 aromatic rings. The summed E-state index contributed by atoms with van der Waals surface area (Å²) >= 11 is 0. The summed E-state index contributed by atoms with van der Waals surface area (Å²) in [4.78, 5) is 0.202. The van der Waals surface area contributed by atoms with Gasteiger partial charge in [-0.2, -0.15) is 0 Å². The molecule has 3 rings (SSSR count). The summed E-state index contributed by atoms with van der Waals surface area (Å²) < 4.78 is 33.5. The predicted octanol–water partition coefficient (Wildman–Crippen LogP) is 3.74. The second-order valence-electron chi connectivity index (χ2n) is 7.98.